The number of nitrogens with one attached hydrogen (secondary N) is 1. The quantitative estimate of drug-likeness (QED) is 0.884. The summed E-state index contributed by atoms with van der Waals surface area (Å²) in [4.78, 5) is 18.6. The number of hydrogen-bond donors (Lipinski definition) is 2. The molecule has 0 amide bonds. The smallest absolute Gasteiger partial charge is 0.303 e. The third-order valence-electron chi connectivity index (χ3n) is 2.04. The fraction of sp³-hybridized carbons (Fsp3) is 0.200. The van der Waals surface area contributed by atoms with Crippen LogP contribution in [0.25, 0.3) is 10.6 Å². The number of thiophene rings is 1. The molecule has 6 heteroatoms. The number of aromatic amines is 1. The molecule has 2 heterocycles. The molecule has 2 aromatic heterocycles. The second-order valence-electron chi connectivity index (χ2n) is 3.24. The number of rotatable bonds is 4. The lowest BCUT2D eigenvalue weighted by atomic mass is 10.3. The molecule has 0 aliphatic heterocycles. The average molecular weight is 257 g/mol. The number of H-pyrrole nitrogens is 1. The van der Waals surface area contributed by atoms with Gasteiger partial charge in [0.1, 0.15) is 5.82 Å². The van der Waals surface area contributed by atoms with E-state index < -0.39 is 5.97 Å². The van der Waals surface area contributed by atoms with Crippen molar-refractivity contribution in [3.8, 4) is 10.6 Å². The summed E-state index contributed by atoms with van der Waals surface area (Å²) in [6.07, 6.45) is 2.19. The largest absolute Gasteiger partial charge is 0.481 e. The Morgan fingerprint density at radius 2 is 2.38 bits per heavy atom. The van der Waals surface area contributed by atoms with E-state index in [9.17, 15) is 4.79 Å². The van der Waals surface area contributed by atoms with Crippen LogP contribution in [-0.2, 0) is 11.2 Å². The maximum atomic E-state index is 10.4. The summed E-state index contributed by atoms with van der Waals surface area (Å²) in [5.74, 6) is -0.140. The molecule has 0 unspecified atom stereocenters. The van der Waals surface area contributed by atoms with Crippen molar-refractivity contribution in [1.82, 2.24) is 9.97 Å². The third kappa shape index (κ3) is 2.62. The molecule has 0 spiro atoms. The van der Waals surface area contributed by atoms with Gasteiger partial charge < -0.3 is 10.1 Å². The van der Waals surface area contributed by atoms with E-state index in [1.807, 2.05) is 12.1 Å². The highest BCUT2D eigenvalue weighted by molar-refractivity contribution is 7.19. The van der Waals surface area contributed by atoms with Gasteiger partial charge in [0.15, 0.2) is 0 Å². The Morgan fingerprint density at radius 1 is 1.56 bits per heavy atom. The van der Waals surface area contributed by atoms with Crippen molar-refractivity contribution in [2.45, 2.75) is 12.8 Å². The van der Waals surface area contributed by atoms with Crippen LogP contribution in [0.4, 0.5) is 0 Å². The molecule has 0 aliphatic carbocycles. The molecule has 16 heavy (non-hydrogen) atoms. The van der Waals surface area contributed by atoms with Crippen LogP contribution < -0.4 is 0 Å². The maximum absolute atomic E-state index is 10.4. The molecule has 0 aromatic carbocycles. The highest BCUT2D eigenvalue weighted by Gasteiger charge is 2.07. The second-order valence-corrected chi connectivity index (χ2v) is 4.96. The van der Waals surface area contributed by atoms with Gasteiger partial charge in [-0.05, 0) is 12.1 Å². The van der Waals surface area contributed by atoms with Crippen LogP contribution in [0.2, 0.25) is 4.34 Å². The van der Waals surface area contributed by atoms with E-state index in [4.69, 9.17) is 16.7 Å². The third-order valence-corrected chi connectivity index (χ3v) is 3.31. The lowest BCUT2D eigenvalue weighted by Crippen LogP contribution is -1.98. The molecule has 0 fully saturated rings. The van der Waals surface area contributed by atoms with E-state index >= 15 is 0 Å². The average Bonchev–Trinajstić information content (AvgIpc) is 2.83. The van der Waals surface area contributed by atoms with Crippen molar-refractivity contribution in [2.75, 3.05) is 0 Å². The first kappa shape index (κ1) is 11.2. The van der Waals surface area contributed by atoms with Crippen molar-refractivity contribution >= 4 is 28.9 Å². The molecule has 0 radical (unpaired) electrons. The highest BCUT2D eigenvalue weighted by Crippen LogP contribution is 2.29. The number of aromatic nitrogens is 2. The van der Waals surface area contributed by atoms with Crippen molar-refractivity contribution in [2.24, 2.45) is 0 Å². The lowest BCUT2D eigenvalue weighted by Gasteiger charge is -1.92. The molecule has 0 atom stereocenters. The van der Waals surface area contributed by atoms with Crippen molar-refractivity contribution < 1.29 is 9.90 Å². The van der Waals surface area contributed by atoms with Gasteiger partial charge in [-0.2, -0.15) is 0 Å². The zero-order valence-corrected chi connectivity index (χ0v) is 9.81. The zero-order chi connectivity index (χ0) is 11.5. The number of hydrogen-bond acceptors (Lipinski definition) is 3. The van der Waals surface area contributed by atoms with E-state index in [-0.39, 0.29) is 6.42 Å². The molecular formula is C10H9ClN2O2S. The lowest BCUT2D eigenvalue weighted by molar-refractivity contribution is -0.137. The van der Waals surface area contributed by atoms with Crippen LogP contribution in [0, 0.1) is 0 Å². The highest BCUT2D eigenvalue weighted by atomic mass is 35.5. The van der Waals surface area contributed by atoms with Crippen molar-refractivity contribution in [3.05, 3.63) is 28.5 Å². The molecular weight excluding hydrogens is 248 g/mol. The molecule has 2 aromatic rings. The number of carboxylic acid groups (broad SMARTS) is 1. The van der Waals surface area contributed by atoms with Crippen LogP contribution in [0.15, 0.2) is 18.3 Å². The van der Waals surface area contributed by atoms with Gasteiger partial charge in [-0.1, -0.05) is 11.6 Å². The number of carbonyl (C=O) groups is 1. The molecule has 0 bridgehead atoms. The predicted octanol–water partition coefficient (Wildman–Crippen LogP) is 2.81. The summed E-state index contributed by atoms with van der Waals surface area (Å²) < 4.78 is 0.719. The van der Waals surface area contributed by atoms with E-state index in [0.29, 0.717) is 12.2 Å². The Hall–Kier alpha value is -1.33. The molecule has 2 rings (SSSR count). The Labute approximate surface area is 101 Å². The summed E-state index contributed by atoms with van der Waals surface area (Å²) >= 11 is 7.28. The van der Waals surface area contributed by atoms with Gasteiger partial charge in [0.05, 0.1) is 27.5 Å². The number of halogens is 1. The number of aliphatic carboxylic acids is 1. The maximum Gasteiger partial charge on any atom is 0.303 e. The molecule has 0 aliphatic rings. The van der Waals surface area contributed by atoms with E-state index in [2.05, 4.69) is 9.97 Å². The number of nitrogens with zero attached hydrogens (tertiary/aromatic N) is 1. The van der Waals surface area contributed by atoms with Crippen LogP contribution >= 0.6 is 22.9 Å². The normalized spacial score (nSPS) is 10.6. The molecule has 2 N–H and O–H groups in total. The van der Waals surface area contributed by atoms with Gasteiger partial charge in [0.2, 0.25) is 0 Å². The van der Waals surface area contributed by atoms with Crippen molar-refractivity contribution in [1.29, 1.82) is 0 Å². The van der Waals surface area contributed by atoms with Gasteiger partial charge in [-0.25, -0.2) is 4.98 Å². The number of imidazole rings is 1. The van der Waals surface area contributed by atoms with Gasteiger partial charge in [0, 0.05) is 6.42 Å². The van der Waals surface area contributed by atoms with Gasteiger partial charge in [-0.15, -0.1) is 11.3 Å². The Morgan fingerprint density at radius 3 is 3.00 bits per heavy atom. The van der Waals surface area contributed by atoms with Crippen LogP contribution in [0.5, 0.6) is 0 Å². The van der Waals surface area contributed by atoms with Crippen LogP contribution in [0.1, 0.15) is 12.2 Å². The minimum absolute atomic E-state index is 0.0815. The van der Waals surface area contributed by atoms with E-state index in [1.165, 1.54) is 11.3 Å². The number of carboxylic acids is 1. The van der Waals surface area contributed by atoms with Crippen LogP contribution in [-0.4, -0.2) is 21.0 Å². The summed E-state index contributed by atoms with van der Waals surface area (Å²) in [6.45, 7) is 0. The SMILES string of the molecule is O=C(O)CCc1ncc(-c2ccc(Cl)s2)[nH]1. The second kappa shape index (κ2) is 4.67. The minimum atomic E-state index is -0.822. The van der Waals surface area contributed by atoms with Gasteiger partial charge in [-0.3, -0.25) is 4.79 Å². The molecule has 4 nitrogen and oxygen atoms in total. The summed E-state index contributed by atoms with van der Waals surface area (Å²) in [6, 6.07) is 3.72. The Balaban J connectivity index is 2.10. The molecule has 84 valence electrons. The number of aryl methyl sites for hydroxylation is 1. The zero-order valence-electron chi connectivity index (χ0n) is 8.24. The minimum Gasteiger partial charge on any atom is -0.481 e. The summed E-state index contributed by atoms with van der Waals surface area (Å²) in [5, 5.41) is 8.54. The first-order valence-electron chi connectivity index (χ1n) is 4.66. The molecule has 0 saturated heterocycles. The van der Waals surface area contributed by atoms with Crippen molar-refractivity contribution in [3.63, 3.8) is 0 Å². The monoisotopic (exact) mass is 256 g/mol. The standard InChI is InChI=1S/C10H9ClN2O2S/c11-8-2-1-7(16-8)6-5-12-9(13-6)3-4-10(14)15/h1-2,5H,3-4H2,(H,12,13)(H,14,15). The Kier molecular flexibility index (Phi) is 3.26. The summed E-state index contributed by atoms with van der Waals surface area (Å²) in [5.41, 5.74) is 0.872. The van der Waals surface area contributed by atoms with E-state index in [1.54, 1.807) is 6.20 Å². The van der Waals surface area contributed by atoms with Gasteiger partial charge >= 0.3 is 5.97 Å². The summed E-state index contributed by atoms with van der Waals surface area (Å²) in [7, 11) is 0. The predicted molar refractivity (Wildman–Crippen MR) is 62.9 cm³/mol. The fourth-order valence-corrected chi connectivity index (χ4v) is 2.31. The fourth-order valence-electron chi connectivity index (χ4n) is 1.30. The van der Waals surface area contributed by atoms with Gasteiger partial charge in [0.25, 0.3) is 0 Å². The van der Waals surface area contributed by atoms with Crippen LogP contribution in [0.3, 0.4) is 0 Å². The first-order valence-corrected chi connectivity index (χ1v) is 5.86. The van der Waals surface area contributed by atoms with E-state index in [0.717, 1.165) is 14.9 Å². The Bertz CT molecular complexity index is 506. The topological polar surface area (TPSA) is 66.0 Å². The first-order chi connectivity index (χ1) is 7.65. The molecule has 0 saturated carbocycles.